The van der Waals surface area contributed by atoms with Crippen molar-refractivity contribution in [2.75, 3.05) is 19.3 Å². The molecule has 0 radical (unpaired) electrons. The van der Waals surface area contributed by atoms with Crippen LogP contribution in [0.5, 0.6) is 0 Å². The van der Waals surface area contributed by atoms with E-state index < -0.39 is 0 Å². The maximum absolute atomic E-state index is 5.88. The van der Waals surface area contributed by atoms with Gasteiger partial charge in [0.15, 0.2) is 0 Å². The molecule has 27 heavy (non-hydrogen) atoms. The molecule has 4 N–H and O–H groups in total. The van der Waals surface area contributed by atoms with Crippen LogP contribution in [0.3, 0.4) is 0 Å². The van der Waals surface area contributed by atoms with Crippen molar-refractivity contribution in [2.24, 2.45) is 0 Å². The topological polar surface area (TPSA) is 110 Å². The van der Waals surface area contributed by atoms with E-state index in [9.17, 15) is 0 Å². The average molecular weight is 362 g/mol. The molecule has 0 saturated heterocycles. The van der Waals surface area contributed by atoms with E-state index >= 15 is 0 Å². The van der Waals surface area contributed by atoms with Gasteiger partial charge in [-0.3, -0.25) is 4.68 Å². The highest BCUT2D eigenvalue weighted by atomic mass is 15.3. The molecule has 4 aromatic rings. The van der Waals surface area contributed by atoms with Crippen LogP contribution in [0.25, 0.3) is 33.4 Å². The first-order chi connectivity index (χ1) is 13.2. The normalized spacial score (nSPS) is 11.3. The Morgan fingerprint density at radius 1 is 1.19 bits per heavy atom. The first-order valence-electron chi connectivity index (χ1n) is 8.96. The Balaban J connectivity index is 1.75. The molecule has 8 nitrogen and oxygen atoms in total. The Kier molecular flexibility index (Phi) is 4.55. The maximum Gasteiger partial charge on any atom is 0.220 e. The molecular weight excluding hydrogens is 340 g/mol. The van der Waals surface area contributed by atoms with Gasteiger partial charge in [-0.15, -0.1) is 0 Å². The van der Waals surface area contributed by atoms with Gasteiger partial charge in [0, 0.05) is 52.9 Å². The van der Waals surface area contributed by atoms with Crippen molar-refractivity contribution < 1.29 is 0 Å². The lowest BCUT2D eigenvalue weighted by Crippen LogP contribution is -2.14. The number of rotatable bonds is 6. The molecule has 0 bridgehead atoms. The fraction of sp³-hybridized carbons (Fsp3) is 0.263. The number of nitrogens with two attached hydrogens (primary N) is 1. The molecule has 0 spiro atoms. The predicted molar refractivity (Wildman–Crippen MR) is 106 cm³/mol. The SMILES string of the molecule is CCc1cc(-c2c[nH]c3ncc(-c4cnn(CCNC)c4)cc23)nc(N)n1. The third-order valence-electron chi connectivity index (χ3n) is 4.52. The first-order valence-corrected chi connectivity index (χ1v) is 8.96. The fourth-order valence-electron chi connectivity index (χ4n) is 3.07. The molecule has 0 aliphatic heterocycles. The van der Waals surface area contributed by atoms with Gasteiger partial charge in [-0.25, -0.2) is 15.0 Å². The van der Waals surface area contributed by atoms with Crippen LogP contribution in [0.1, 0.15) is 12.6 Å². The molecule has 8 heteroatoms. The minimum atomic E-state index is 0.286. The molecule has 0 aliphatic rings. The van der Waals surface area contributed by atoms with Gasteiger partial charge in [-0.05, 0) is 25.6 Å². The van der Waals surface area contributed by atoms with Crippen LogP contribution in [0.4, 0.5) is 5.95 Å². The number of nitrogens with one attached hydrogen (secondary N) is 2. The summed E-state index contributed by atoms with van der Waals surface area (Å²) in [5, 5.41) is 8.54. The van der Waals surface area contributed by atoms with Crippen molar-refractivity contribution in [1.29, 1.82) is 0 Å². The summed E-state index contributed by atoms with van der Waals surface area (Å²) in [5.41, 5.74) is 11.4. The summed E-state index contributed by atoms with van der Waals surface area (Å²) in [6.45, 7) is 3.74. The minimum Gasteiger partial charge on any atom is -0.368 e. The molecule has 0 saturated carbocycles. The second kappa shape index (κ2) is 7.16. The zero-order valence-electron chi connectivity index (χ0n) is 15.4. The number of hydrogen-bond donors (Lipinski definition) is 3. The average Bonchev–Trinajstić information content (AvgIpc) is 3.32. The van der Waals surface area contributed by atoms with E-state index in [1.807, 2.05) is 49.5 Å². The van der Waals surface area contributed by atoms with E-state index in [0.717, 1.165) is 58.6 Å². The lowest BCUT2D eigenvalue weighted by molar-refractivity contribution is 0.585. The molecule has 4 rings (SSSR count). The quantitative estimate of drug-likeness (QED) is 0.485. The summed E-state index contributed by atoms with van der Waals surface area (Å²) >= 11 is 0. The van der Waals surface area contributed by atoms with E-state index in [1.165, 1.54) is 0 Å². The highest BCUT2D eigenvalue weighted by molar-refractivity contribution is 5.95. The highest BCUT2D eigenvalue weighted by Gasteiger charge is 2.12. The number of anilines is 1. The summed E-state index contributed by atoms with van der Waals surface area (Å²) in [4.78, 5) is 16.4. The Bertz CT molecular complexity index is 1080. The number of aromatic nitrogens is 6. The molecule has 0 unspecified atom stereocenters. The van der Waals surface area contributed by atoms with E-state index in [-0.39, 0.29) is 5.95 Å². The highest BCUT2D eigenvalue weighted by Crippen LogP contribution is 2.30. The Hall–Kier alpha value is -3.26. The van der Waals surface area contributed by atoms with Gasteiger partial charge in [0.1, 0.15) is 5.65 Å². The molecular formula is C19H22N8. The Morgan fingerprint density at radius 3 is 2.89 bits per heavy atom. The van der Waals surface area contributed by atoms with Crippen LogP contribution in [0.2, 0.25) is 0 Å². The van der Waals surface area contributed by atoms with Gasteiger partial charge in [0.2, 0.25) is 5.95 Å². The van der Waals surface area contributed by atoms with Crippen LogP contribution in [-0.4, -0.2) is 43.3 Å². The minimum absolute atomic E-state index is 0.286. The van der Waals surface area contributed by atoms with Crippen LogP contribution < -0.4 is 11.1 Å². The molecule has 0 amide bonds. The number of likely N-dealkylation sites (N-methyl/N-ethyl adjacent to an activating group) is 1. The zero-order valence-corrected chi connectivity index (χ0v) is 15.4. The van der Waals surface area contributed by atoms with E-state index in [0.29, 0.717) is 0 Å². The molecule has 4 heterocycles. The van der Waals surface area contributed by atoms with Crippen LogP contribution in [0.15, 0.2) is 36.9 Å². The van der Waals surface area contributed by atoms with Gasteiger partial charge in [0.25, 0.3) is 0 Å². The van der Waals surface area contributed by atoms with Gasteiger partial charge < -0.3 is 16.0 Å². The fourth-order valence-corrected chi connectivity index (χ4v) is 3.07. The third-order valence-corrected chi connectivity index (χ3v) is 4.52. The second-order valence-corrected chi connectivity index (χ2v) is 6.37. The van der Waals surface area contributed by atoms with Crippen LogP contribution >= 0.6 is 0 Å². The largest absolute Gasteiger partial charge is 0.368 e. The maximum atomic E-state index is 5.88. The number of H-pyrrole nitrogens is 1. The lowest BCUT2D eigenvalue weighted by atomic mass is 10.1. The lowest BCUT2D eigenvalue weighted by Gasteiger charge is -2.04. The molecule has 0 aliphatic carbocycles. The van der Waals surface area contributed by atoms with Crippen molar-refractivity contribution in [2.45, 2.75) is 19.9 Å². The molecule has 4 aromatic heterocycles. The Labute approximate surface area is 156 Å². The van der Waals surface area contributed by atoms with Crippen molar-refractivity contribution in [1.82, 2.24) is 35.0 Å². The molecule has 0 fully saturated rings. The predicted octanol–water partition coefficient (Wildman–Crippen LogP) is 2.25. The van der Waals surface area contributed by atoms with Crippen molar-refractivity contribution in [3.8, 4) is 22.4 Å². The van der Waals surface area contributed by atoms with Crippen molar-refractivity contribution >= 4 is 17.0 Å². The van der Waals surface area contributed by atoms with Gasteiger partial charge in [0.05, 0.1) is 18.4 Å². The number of nitrogens with zero attached hydrogens (tertiary/aromatic N) is 5. The number of nitrogen functional groups attached to an aromatic ring is 1. The van der Waals surface area contributed by atoms with Gasteiger partial charge in [-0.2, -0.15) is 5.10 Å². The first kappa shape index (κ1) is 17.2. The summed E-state index contributed by atoms with van der Waals surface area (Å²) in [6.07, 6.45) is 8.47. The zero-order chi connectivity index (χ0) is 18.8. The van der Waals surface area contributed by atoms with Crippen LogP contribution in [0, 0.1) is 0 Å². The number of aryl methyl sites for hydroxylation is 1. The molecule has 138 valence electrons. The summed E-state index contributed by atoms with van der Waals surface area (Å²) in [6, 6.07) is 4.08. The van der Waals surface area contributed by atoms with Crippen molar-refractivity contribution in [3.63, 3.8) is 0 Å². The summed E-state index contributed by atoms with van der Waals surface area (Å²) < 4.78 is 1.92. The van der Waals surface area contributed by atoms with Gasteiger partial charge in [-0.1, -0.05) is 6.92 Å². The van der Waals surface area contributed by atoms with Crippen LogP contribution in [-0.2, 0) is 13.0 Å². The number of hydrogen-bond acceptors (Lipinski definition) is 6. The Morgan fingerprint density at radius 2 is 2.07 bits per heavy atom. The molecule has 0 atom stereocenters. The van der Waals surface area contributed by atoms with E-state index in [4.69, 9.17) is 5.73 Å². The number of aromatic amines is 1. The van der Waals surface area contributed by atoms with Gasteiger partial charge >= 0.3 is 0 Å². The second-order valence-electron chi connectivity index (χ2n) is 6.37. The van der Waals surface area contributed by atoms with Crippen molar-refractivity contribution in [3.05, 3.63) is 42.6 Å². The molecule has 0 aromatic carbocycles. The number of fused-ring (bicyclic) bond motifs is 1. The monoisotopic (exact) mass is 362 g/mol. The van der Waals surface area contributed by atoms with E-state index in [2.05, 4.69) is 36.4 Å². The standard InChI is InChI=1S/C19H22N8/c1-3-14-7-17(26-19(20)25-14)16-10-23-18-15(16)6-12(8-22-18)13-9-24-27(11-13)5-4-21-2/h6-11,21H,3-5H2,1-2H3,(H,22,23)(H2,20,25,26). The van der Waals surface area contributed by atoms with E-state index in [1.54, 1.807) is 0 Å². The number of pyridine rings is 1. The summed E-state index contributed by atoms with van der Waals surface area (Å²) in [5.74, 6) is 0.286. The smallest absolute Gasteiger partial charge is 0.220 e. The third kappa shape index (κ3) is 3.39. The summed E-state index contributed by atoms with van der Waals surface area (Å²) in [7, 11) is 1.93.